The highest BCUT2D eigenvalue weighted by Crippen LogP contribution is 2.29. The normalized spacial score (nSPS) is 19.0. The topological polar surface area (TPSA) is 55.9 Å². The molecule has 37 heavy (non-hydrogen) atoms. The van der Waals surface area contributed by atoms with Gasteiger partial charge in [0.2, 0.25) is 0 Å². The minimum Gasteiger partial charge on any atom is -0.342 e. The van der Waals surface area contributed by atoms with Crippen LogP contribution in [0.4, 0.5) is 4.79 Å². The molecule has 1 unspecified atom stereocenters. The highest BCUT2D eigenvalue weighted by molar-refractivity contribution is 8.00. The lowest BCUT2D eigenvalue weighted by Crippen LogP contribution is -2.39. The number of amides is 3. The van der Waals surface area contributed by atoms with Gasteiger partial charge in [0.05, 0.1) is 6.54 Å². The Morgan fingerprint density at radius 3 is 1.84 bits per heavy atom. The first-order chi connectivity index (χ1) is 17.4. The number of thioether (sulfide) groups is 2. The summed E-state index contributed by atoms with van der Waals surface area (Å²) in [6.45, 7) is 16.2. The molecule has 0 radical (unpaired) electrons. The predicted molar refractivity (Wildman–Crippen MR) is 169 cm³/mol. The van der Waals surface area contributed by atoms with Crippen LogP contribution in [0.25, 0.3) is 0 Å². The van der Waals surface area contributed by atoms with E-state index in [1.54, 1.807) is 0 Å². The van der Waals surface area contributed by atoms with E-state index >= 15 is 0 Å². The summed E-state index contributed by atoms with van der Waals surface area (Å²) in [5.41, 5.74) is 0.144. The number of rotatable bonds is 18. The molecular weight excluding hydrogens is 541 g/mol. The summed E-state index contributed by atoms with van der Waals surface area (Å²) in [7, 11) is 0. The fourth-order valence-electron chi connectivity index (χ4n) is 4.79. The van der Waals surface area contributed by atoms with Crippen LogP contribution in [0.1, 0.15) is 80.1 Å². The Morgan fingerprint density at radius 2 is 1.38 bits per heavy atom. The molecule has 0 aliphatic carbocycles. The van der Waals surface area contributed by atoms with Gasteiger partial charge < -0.3 is 15.1 Å². The van der Waals surface area contributed by atoms with Crippen LogP contribution < -0.4 is 5.32 Å². The largest absolute Gasteiger partial charge is 0.342 e. The molecule has 1 N–H and O–H groups in total. The molecule has 10 heteroatoms. The van der Waals surface area contributed by atoms with Gasteiger partial charge in [-0.1, -0.05) is 46.8 Å². The quantitative estimate of drug-likeness (QED) is 0.118. The van der Waals surface area contributed by atoms with Crippen molar-refractivity contribution in [1.29, 1.82) is 0 Å². The van der Waals surface area contributed by atoms with Crippen LogP contribution in [0.5, 0.6) is 0 Å². The number of carbonyl (C=O) groups excluding carboxylic acids is 2. The molecule has 3 amide bonds. The van der Waals surface area contributed by atoms with Crippen molar-refractivity contribution >= 4 is 70.0 Å². The third-order valence-electron chi connectivity index (χ3n) is 7.06. The Bertz CT molecular complexity index is 741. The van der Waals surface area contributed by atoms with Crippen molar-refractivity contribution in [3.05, 3.63) is 0 Å². The van der Waals surface area contributed by atoms with Gasteiger partial charge in [-0.15, -0.1) is 0 Å². The Balaban J connectivity index is 1.49. The van der Waals surface area contributed by atoms with Crippen molar-refractivity contribution < 1.29 is 9.59 Å². The van der Waals surface area contributed by atoms with E-state index in [2.05, 4.69) is 61.5 Å². The second kappa shape index (κ2) is 15.3. The molecule has 0 bridgehead atoms. The van der Waals surface area contributed by atoms with Gasteiger partial charge in [0.1, 0.15) is 11.0 Å². The van der Waals surface area contributed by atoms with E-state index in [4.69, 9.17) is 24.4 Å². The van der Waals surface area contributed by atoms with E-state index in [9.17, 15) is 9.59 Å². The summed E-state index contributed by atoms with van der Waals surface area (Å²) in [5.74, 6) is 4.69. The molecule has 6 nitrogen and oxygen atoms in total. The fourth-order valence-corrected chi connectivity index (χ4v) is 7.50. The molecule has 0 saturated carbocycles. The molecule has 0 spiro atoms. The summed E-state index contributed by atoms with van der Waals surface area (Å²) in [5, 5.41) is 3.68. The minimum absolute atomic E-state index is 0.0557. The zero-order chi connectivity index (χ0) is 27.6. The minimum atomic E-state index is -0.345. The number of carbonyl (C=O) groups is 2. The van der Waals surface area contributed by atoms with Gasteiger partial charge in [0, 0.05) is 19.6 Å². The molecule has 2 heterocycles. The number of hydrogen-bond donors (Lipinski definition) is 1. The lowest BCUT2D eigenvalue weighted by atomic mass is 9.87. The lowest BCUT2D eigenvalue weighted by Gasteiger charge is -2.31. The SMILES string of the molecule is CCC1NC(=O)N(CC(C)(C)CCCSCCCSCCCC(C)(C)CN2C(=S)CN(CC)C2=S)C1=O. The van der Waals surface area contributed by atoms with Crippen LogP contribution in [0.2, 0.25) is 0 Å². The predicted octanol–water partition coefficient (Wildman–Crippen LogP) is 6.04. The van der Waals surface area contributed by atoms with E-state index < -0.39 is 0 Å². The first-order valence-electron chi connectivity index (χ1n) is 13.8. The summed E-state index contributed by atoms with van der Waals surface area (Å²) < 4.78 is 0. The van der Waals surface area contributed by atoms with Crippen molar-refractivity contribution in [1.82, 2.24) is 20.0 Å². The average Bonchev–Trinajstić information content (AvgIpc) is 3.25. The number of nitrogens with one attached hydrogen (secondary N) is 1. The van der Waals surface area contributed by atoms with Gasteiger partial charge in [-0.2, -0.15) is 23.5 Å². The maximum atomic E-state index is 12.4. The second-order valence-corrected chi connectivity index (χ2v) is 15.0. The Kier molecular flexibility index (Phi) is 13.5. The van der Waals surface area contributed by atoms with Gasteiger partial charge in [-0.05, 0) is 91.5 Å². The molecule has 2 aliphatic heterocycles. The average molecular weight is 589 g/mol. The van der Waals surface area contributed by atoms with E-state index in [1.807, 2.05) is 18.7 Å². The lowest BCUT2D eigenvalue weighted by molar-refractivity contribution is -0.128. The summed E-state index contributed by atoms with van der Waals surface area (Å²) in [6.07, 6.45) is 6.42. The van der Waals surface area contributed by atoms with Crippen molar-refractivity contribution in [2.45, 2.75) is 86.1 Å². The molecule has 1 atom stereocenters. The van der Waals surface area contributed by atoms with E-state index in [1.165, 1.54) is 41.4 Å². The van der Waals surface area contributed by atoms with E-state index in [0.717, 1.165) is 48.3 Å². The third kappa shape index (κ3) is 10.5. The van der Waals surface area contributed by atoms with Crippen LogP contribution in [0, 0.1) is 10.8 Å². The maximum absolute atomic E-state index is 12.4. The molecule has 2 fully saturated rings. The van der Waals surface area contributed by atoms with Gasteiger partial charge in [0.15, 0.2) is 5.11 Å². The maximum Gasteiger partial charge on any atom is 0.324 e. The number of urea groups is 1. The molecule has 2 rings (SSSR count). The molecular formula is C27H48N4O2S4. The van der Waals surface area contributed by atoms with Crippen molar-refractivity contribution in [3.63, 3.8) is 0 Å². The third-order valence-corrected chi connectivity index (χ3v) is 10.2. The number of imide groups is 1. The van der Waals surface area contributed by atoms with Gasteiger partial charge in [-0.25, -0.2) is 4.79 Å². The number of thiocarbonyl (C=S) groups is 2. The highest BCUT2D eigenvalue weighted by Gasteiger charge is 2.39. The van der Waals surface area contributed by atoms with Crippen LogP contribution in [-0.4, -0.2) is 92.0 Å². The first-order valence-corrected chi connectivity index (χ1v) is 16.9. The Labute approximate surface area is 244 Å². The van der Waals surface area contributed by atoms with Crippen LogP contribution in [0.15, 0.2) is 0 Å². The van der Waals surface area contributed by atoms with Crippen molar-refractivity contribution in [3.8, 4) is 0 Å². The Hall–Kier alpha value is -0.580. The summed E-state index contributed by atoms with van der Waals surface area (Å²) in [4.78, 5) is 31.2. The summed E-state index contributed by atoms with van der Waals surface area (Å²) in [6, 6.07) is -0.577. The molecule has 0 aromatic rings. The number of likely N-dealkylation sites (N-methyl/N-ethyl adjacent to an activating group) is 1. The molecule has 0 aromatic heterocycles. The molecule has 2 aliphatic rings. The summed E-state index contributed by atoms with van der Waals surface area (Å²) >= 11 is 15.3. The fraction of sp³-hybridized carbons (Fsp3) is 0.852. The molecule has 212 valence electrons. The van der Waals surface area contributed by atoms with Crippen molar-refractivity contribution in [2.75, 3.05) is 49.2 Å². The van der Waals surface area contributed by atoms with Gasteiger partial charge in [-0.3, -0.25) is 9.69 Å². The van der Waals surface area contributed by atoms with E-state index in [0.29, 0.717) is 13.0 Å². The van der Waals surface area contributed by atoms with E-state index in [-0.39, 0.29) is 28.8 Å². The highest BCUT2D eigenvalue weighted by atomic mass is 32.2. The van der Waals surface area contributed by atoms with Crippen molar-refractivity contribution in [2.24, 2.45) is 10.8 Å². The van der Waals surface area contributed by atoms with Gasteiger partial charge in [0.25, 0.3) is 5.91 Å². The molecule has 2 saturated heterocycles. The first kappa shape index (κ1) is 32.6. The molecule has 0 aromatic carbocycles. The number of nitrogens with zero attached hydrogens (tertiary/aromatic N) is 3. The number of hydrogen-bond acceptors (Lipinski definition) is 6. The zero-order valence-corrected chi connectivity index (χ0v) is 27.0. The zero-order valence-electron chi connectivity index (χ0n) is 23.8. The van der Waals surface area contributed by atoms with Crippen LogP contribution >= 0.6 is 48.0 Å². The van der Waals surface area contributed by atoms with Crippen LogP contribution in [0.3, 0.4) is 0 Å². The van der Waals surface area contributed by atoms with Crippen LogP contribution in [-0.2, 0) is 4.79 Å². The second-order valence-electron chi connectivity index (χ2n) is 11.7. The standard InChI is InChI=1S/C27H48N4O2S4/c1-7-21-23(32)31(24(33)28-21)20-27(5,6)13-10-15-37-17-11-16-36-14-9-12-26(3,4)19-30-22(34)18-29(8-2)25(30)35/h21H,7-20H2,1-6H3,(H,28,33). The monoisotopic (exact) mass is 588 g/mol. The van der Waals surface area contributed by atoms with Gasteiger partial charge >= 0.3 is 6.03 Å². The smallest absolute Gasteiger partial charge is 0.324 e. The Morgan fingerprint density at radius 1 is 0.865 bits per heavy atom.